The van der Waals surface area contributed by atoms with Crippen molar-refractivity contribution in [3.63, 3.8) is 0 Å². The van der Waals surface area contributed by atoms with Crippen molar-refractivity contribution >= 4 is 39.3 Å². The molecule has 1 fully saturated rings. The van der Waals surface area contributed by atoms with Crippen molar-refractivity contribution in [3.8, 4) is 0 Å². The van der Waals surface area contributed by atoms with Crippen LogP contribution in [0.3, 0.4) is 0 Å². The number of benzene rings is 1. The van der Waals surface area contributed by atoms with Gasteiger partial charge < -0.3 is 14.7 Å². The lowest BCUT2D eigenvalue weighted by Crippen LogP contribution is -2.40. The van der Waals surface area contributed by atoms with Gasteiger partial charge in [0.25, 0.3) is 0 Å². The number of amides is 2. The number of para-hydroxylation sites is 1. The molecular formula is C20H24N4O5S2. The van der Waals surface area contributed by atoms with Crippen LogP contribution in [0.15, 0.2) is 38.6 Å². The predicted octanol–water partition coefficient (Wildman–Crippen LogP) is 2.02. The monoisotopic (exact) mass is 464 g/mol. The highest BCUT2D eigenvalue weighted by Gasteiger charge is 2.34. The third-order valence-electron chi connectivity index (χ3n) is 5.44. The molecule has 0 aliphatic carbocycles. The van der Waals surface area contributed by atoms with Crippen LogP contribution in [-0.4, -0.2) is 66.0 Å². The van der Waals surface area contributed by atoms with Crippen LogP contribution in [0.1, 0.15) is 24.3 Å². The van der Waals surface area contributed by atoms with Gasteiger partial charge in [-0.25, -0.2) is 8.42 Å². The number of thioether (sulfide) groups is 1. The van der Waals surface area contributed by atoms with E-state index in [1.165, 1.54) is 16.1 Å². The summed E-state index contributed by atoms with van der Waals surface area (Å²) in [7, 11) is -3.75. The summed E-state index contributed by atoms with van der Waals surface area (Å²) in [4.78, 5) is 28.0. The van der Waals surface area contributed by atoms with E-state index in [0.29, 0.717) is 25.2 Å². The van der Waals surface area contributed by atoms with Gasteiger partial charge in [0.05, 0.1) is 10.9 Å². The fourth-order valence-corrected chi connectivity index (χ4v) is 6.73. The maximum Gasteiger partial charge on any atom is 0.248 e. The lowest BCUT2D eigenvalue weighted by molar-refractivity contribution is -0.132. The number of fused-ring (bicyclic) bond motifs is 1. The van der Waals surface area contributed by atoms with E-state index in [1.807, 2.05) is 24.3 Å². The molecule has 1 atom stereocenters. The number of nitrogens with zero attached hydrogens (tertiary/aromatic N) is 3. The van der Waals surface area contributed by atoms with Gasteiger partial charge in [0.15, 0.2) is 5.76 Å². The van der Waals surface area contributed by atoms with Crippen molar-refractivity contribution in [2.75, 3.05) is 31.5 Å². The van der Waals surface area contributed by atoms with Gasteiger partial charge in [-0.2, -0.15) is 4.31 Å². The molecule has 0 saturated carbocycles. The van der Waals surface area contributed by atoms with Gasteiger partial charge in [-0.15, -0.1) is 11.8 Å². The third-order valence-corrected chi connectivity index (χ3v) is 8.86. The first kappa shape index (κ1) is 21.8. The van der Waals surface area contributed by atoms with Crippen LogP contribution < -0.4 is 5.32 Å². The quantitative estimate of drug-likeness (QED) is 0.736. The van der Waals surface area contributed by atoms with E-state index < -0.39 is 15.3 Å². The van der Waals surface area contributed by atoms with Crippen molar-refractivity contribution in [3.05, 3.63) is 35.7 Å². The summed E-state index contributed by atoms with van der Waals surface area (Å²) in [5.41, 5.74) is 1.09. The average Bonchev–Trinajstić information content (AvgIpc) is 2.93. The largest absolute Gasteiger partial charge is 0.360 e. The zero-order chi connectivity index (χ0) is 22.2. The first-order valence-electron chi connectivity index (χ1n) is 10.0. The molecule has 4 rings (SSSR count). The highest BCUT2D eigenvalue weighted by molar-refractivity contribution is 8.01. The first-order chi connectivity index (χ1) is 14.8. The molecule has 1 unspecified atom stereocenters. The summed E-state index contributed by atoms with van der Waals surface area (Å²) in [6, 6.07) is 7.50. The van der Waals surface area contributed by atoms with E-state index in [-0.39, 0.29) is 42.0 Å². The van der Waals surface area contributed by atoms with Gasteiger partial charge in [0.1, 0.15) is 10.6 Å². The number of aromatic nitrogens is 1. The second-order valence-electron chi connectivity index (χ2n) is 7.59. The minimum absolute atomic E-state index is 0.0709. The van der Waals surface area contributed by atoms with Crippen LogP contribution in [0, 0.1) is 13.8 Å². The smallest absolute Gasteiger partial charge is 0.248 e. The van der Waals surface area contributed by atoms with Gasteiger partial charge in [-0.05, 0) is 32.4 Å². The molecule has 0 bridgehead atoms. The van der Waals surface area contributed by atoms with Crippen molar-refractivity contribution in [1.82, 2.24) is 14.4 Å². The fourth-order valence-electron chi connectivity index (χ4n) is 3.87. The fraction of sp³-hybridized carbons (Fsp3) is 0.450. The molecule has 9 nitrogen and oxygen atoms in total. The molecule has 31 heavy (non-hydrogen) atoms. The summed E-state index contributed by atoms with van der Waals surface area (Å²) < 4.78 is 32.5. The summed E-state index contributed by atoms with van der Waals surface area (Å²) in [5, 5.41) is 6.09. The normalized spacial score (nSPS) is 20.1. The van der Waals surface area contributed by atoms with Crippen LogP contribution in [0.25, 0.3) is 0 Å². The van der Waals surface area contributed by atoms with Crippen LogP contribution >= 0.6 is 11.8 Å². The highest BCUT2D eigenvalue weighted by atomic mass is 32.2. The SMILES string of the molecule is Cc1noc(C)c1S(=O)(=O)N1CCCN(C(=O)CC2Sc3ccccc3NC2=O)CC1. The molecule has 2 aliphatic rings. The molecule has 1 aromatic heterocycles. The number of nitrogens with one attached hydrogen (secondary N) is 1. The van der Waals surface area contributed by atoms with E-state index in [1.54, 1.807) is 18.7 Å². The molecule has 1 N–H and O–H groups in total. The zero-order valence-electron chi connectivity index (χ0n) is 17.3. The minimum Gasteiger partial charge on any atom is -0.360 e. The van der Waals surface area contributed by atoms with E-state index >= 15 is 0 Å². The Labute approximate surface area is 185 Å². The van der Waals surface area contributed by atoms with Crippen LogP contribution in [0.4, 0.5) is 5.69 Å². The van der Waals surface area contributed by atoms with Crippen LogP contribution in [-0.2, 0) is 19.6 Å². The molecule has 1 aromatic carbocycles. The van der Waals surface area contributed by atoms with Gasteiger partial charge in [-0.3, -0.25) is 9.59 Å². The van der Waals surface area contributed by atoms with E-state index in [0.717, 1.165) is 10.6 Å². The van der Waals surface area contributed by atoms with Crippen molar-refractivity contribution in [2.24, 2.45) is 0 Å². The number of carbonyl (C=O) groups excluding carboxylic acids is 2. The minimum atomic E-state index is -3.75. The van der Waals surface area contributed by atoms with Crippen molar-refractivity contribution in [1.29, 1.82) is 0 Å². The van der Waals surface area contributed by atoms with E-state index in [9.17, 15) is 18.0 Å². The number of anilines is 1. The molecule has 2 amide bonds. The maximum atomic E-state index is 13.1. The molecule has 2 aliphatic heterocycles. The summed E-state index contributed by atoms with van der Waals surface area (Å²) in [6.07, 6.45) is 0.586. The van der Waals surface area contributed by atoms with Gasteiger partial charge in [-0.1, -0.05) is 17.3 Å². The Hall–Kier alpha value is -2.37. The van der Waals surface area contributed by atoms with Crippen LogP contribution in [0.2, 0.25) is 0 Å². The Balaban J connectivity index is 1.41. The number of sulfonamides is 1. The average molecular weight is 465 g/mol. The Morgan fingerprint density at radius 2 is 2.00 bits per heavy atom. The number of hydrogen-bond donors (Lipinski definition) is 1. The van der Waals surface area contributed by atoms with E-state index in [4.69, 9.17) is 4.52 Å². The Morgan fingerprint density at radius 1 is 1.23 bits per heavy atom. The highest BCUT2D eigenvalue weighted by Crippen LogP contribution is 2.36. The molecule has 166 valence electrons. The Kier molecular flexibility index (Phi) is 6.09. The predicted molar refractivity (Wildman–Crippen MR) is 115 cm³/mol. The molecule has 1 saturated heterocycles. The number of carbonyl (C=O) groups is 2. The summed E-state index contributed by atoms with van der Waals surface area (Å²) in [5.74, 6) is -0.0756. The maximum absolute atomic E-state index is 13.1. The summed E-state index contributed by atoms with van der Waals surface area (Å²) in [6.45, 7) is 4.39. The summed E-state index contributed by atoms with van der Waals surface area (Å²) >= 11 is 1.39. The lowest BCUT2D eigenvalue weighted by atomic mass is 10.2. The lowest BCUT2D eigenvalue weighted by Gasteiger charge is -2.26. The molecular weight excluding hydrogens is 440 g/mol. The standard InChI is InChI=1S/C20H24N4O5S2/c1-13-19(14(2)29-22-13)31(27,28)24-9-5-8-23(10-11-24)18(25)12-17-20(26)21-15-6-3-4-7-16(15)30-17/h3-4,6-7,17H,5,8-12H2,1-2H3,(H,21,26). The molecule has 2 aromatic rings. The topological polar surface area (TPSA) is 113 Å². The third kappa shape index (κ3) is 4.35. The Morgan fingerprint density at radius 3 is 2.74 bits per heavy atom. The second kappa shape index (κ2) is 8.64. The van der Waals surface area contributed by atoms with Crippen molar-refractivity contribution < 1.29 is 22.5 Å². The van der Waals surface area contributed by atoms with Crippen molar-refractivity contribution in [2.45, 2.75) is 41.7 Å². The number of rotatable bonds is 4. The Bertz CT molecular complexity index is 1100. The molecule has 11 heteroatoms. The number of aryl methyl sites for hydroxylation is 2. The molecule has 0 radical (unpaired) electrons. The number of hydrogen-bond acceptors (Lipinski definition) is 7. The first-order valence-corrected chi connectivity index (χ1v) is 12.4. The molecule has 0 spiro atoms. The van der Waals surface area contributed by atoms with Gasteiger partial charge >= 0.3 is 0 Å². The van der Waals surface area contributed by atoms with Gasteiger partial charge in [0.2, 0.25) is 21.8 Å². The van der Waals surface area contributed by atoms with E-state index in [2.05, 4.69) is 10.5 Å². The van der Waals surface area contributed by atoms with Crippen LogP contribution in [0.5, 0.6) is 0 Å². The zero-order valence-corrected chi connectivity index (χ0v) is 19.0. The second-order valence-corrected chi connectivity index (χ2v) is 10.7. The van der Waals surface area contributed by atoms with Gasteiger partial charge in [0, 0.05) is 37.5 Å². The molecule has 3 heterocycles.